The molecule has 1 amide bonds. The molecular formula is C23H20F3N5O2. The van der Waals surface area contributed by atoms with Crippen molar-refractivity contribution < 1.29 is 18.0 Å². The number of rotatable bonds is 7. The van der Waals surface area contributed by atoms with Crippen molar-refractivity contribution in [1.82, 2.24) is 24.6 Å². The summed E-state index contributed by atoms with van der Waals surface area (Å²) in [5, 5.41) is 6.87. The highest BCUT2D eigenvalue weighted by Crippen LogP contribution is 2.27. The van der Waals surface area contributed by atoms with Gasteiger partial charge in [-0.05, 0) is 42.3 Å². The number of para-hydroxylation sites is 1. The molecule has 0 radical (unpaired) electrons. The first-order valence-electron chi connectivity index (χ1n) is 10.2. The first kappa shape index (κ1) is 22.3. The average molecular weight is 455 g/mol. The molecule has 1 N–H and O–H groups in total. The fourth-order valence-corrected chi connectivity index (χ4v) is 3.35. The first-order chi connectivity index (χ1) is 15.8. The molecule has 4 rings (SSSR count). The highest BCUT2D eigenvalue weighted by Gasteiger charge is 2.33. The summed E-state index contributed by atoms with van der Waals surface area (Å²) in [6.45, 7) is 0.659. The summed E-state index contributed by atoms with van der Waals surface area (Å²) in [5.41, 5.74) is 0.817. The first-order valence-corrected chi connectivity index (χ1v) is 10.2. The van der Waals surface area contributed by atoms with Crippen LogP contribution in [0.1, 0.15) is 24.1 Å². The molecule has 0 aliphatic carbocycles. The molecule has 0 saturated heterocycles. The molecule has 0 unspecified atom stereocenters. The largest absolute Gasteiger partial charge is 0.435 e. The monoisotopic (exact) mass is 455 g/mol. The number of amides is 1. The number of alkyl halides is 3. The Morgan fingerprint density at radius 1 is 1.03 bits per heavy atom. The zero-order chi connectivity index (χ0) is 23.4. The van der Waals surface area contributed by atoms with Gasteiger partial charge in [-0.15, -0.1) is 0 Å². The van der Waals surface area contributed by atoms with E-state index in [4.69, 9.17) is 0 Å². The topological polar surface area (TPSA) is 81.8 Å². The maximum Gasteiger partial charge on any atom is 0.435 e. The molecule has 2 aromatic heterocycles. The van der Waals surface area contributed by atoms with Gasteiger partial charge in [0.2, 0.25) is 5.91 Å². The number of hydrogen-bond acceptors (Lipinski definition) is 4. The maximum absolute atomic E-state index is 12.7. The molecule has 10 heteroatoms. The summed E-state index contributed by atoms with van der Waals surface area (Å²) < 4.78 is 40.7. The van der Waals surface area contributed by atoms with Crippen LogP contribution in [-0.2, 0) is 24.1 Å². The Kier molecular flexibility index (Phi) is 6.25. The molecule has 7 nitrogen and oxygen atoms in total. The number of carbonyl (C=O) groups excluding carboxylic acids is 1. The highest BCUT2D eigenvalue weighted by molar-refractivity contribution is 5.77. The molecule has 0 fully saturated rings. The third-order valence-electron chi connectivity index (χ3n) is 5.10. The number of aromatic nitrogens is 4. The van der Waals surface area contributed by atoms with Crippen LogP contribution >= 0.6 is 0 Å². The number of nitrogens with zero attached hydrogens (tertiary/aromatic N) is 4. The Morgan fingerprint density at radius 2 is 1.79 bits per heavy atom. The second kappa shape index (κ2) is 9.27. The lowest BCUT2D eigenvalue weighted by Crippen LogP contribution is -2.24. The van der Waals surface area contributed by atoms with E-state index in [0.29, 0.717) is 29.6 Å². The number of benzene rings is 2. The Labute approximate surface area is 186 Å². The number of halogens is 3. The van der Waals surface area contributed by atoms with E-state index < -0.39 is 11.9 Å². The predicted molar refractivity (Wildman–Crippen MR) is 116 cm³/mol. The Balaban J connectivity index is 1.27. The minimum Gasteiger partial charge on any atom is -0.352 e. The van der Waals surface area contributed by atoms with Gasteiger partial charge in [0.05, 0.1) is 22.9 Å². The van der Waals surface area contributed by atoms with Crippen LogP contribution in [0.4, 0.5) is 13.2 Å². The third kappa shape index (κ3) is 5.28. The minimum absolute atomic E-state index is 0.138. The third-order valence-corrected chi connectivity index (χ3v) is 5.10. The van der Waals surface area contributed by atoms with E-state index in [2.05, 4.69) is 15.4 Å². The zero-order valence-electron chi connectivity index (χ0n) is 17.4. The molecule has 0 atom stereocenters. The van der Waals surface area contributed by atoms with Crippen LogP contribution in [0, 0.1) is 0 Å². The molecule has 170 valence electrons. The number of aryl methyl sites for hydroxylation is 1. The van der Waals surface area contributed by atoms with Crippen LogP contribution in [0.3, 0.4) is 0 Å². The van der Waals surface area contributed by atoms with Gasteiger partial charge in [-0.25, -0.2) is 9.67 Å². The van der Waals surface area contributed by atoms with Crippen LogP contribution < -0.4 is 10.9 Å². The zero-order valence-corrected chi connectivity index (χ0v) is 17.4. The van der Waals surface area contributed by atoms with Crippen molar-refractivity contribution in [1.29, 1.82) is 0 Å². The molecule has 2 aromatic carbocycles. The number of fused-ring (bicyclic) bond motifs is 1. The average Bonchev–Trinajstić information content (AvgIpc) is 3.31. The number of hydrogen-bond donors (Lipinski definition) is 1. The summed E-state index contributed by atoms with van der Waals surface area (Å²) in [6, 6.07) is 14.7. The van der Waals surface area contributed by atoms with Crippen molar-refractivity contribution in [2.45, 2.75) is 32.1 Å². The van der Waals surface area contributed by atoms with E-state index in [1.807, 2.05) is 6.07 Å². The van der Waals surface area contributed by atoms with Gasteiger partial charge >= 0.3 is 6.18 Å². The molecular weight excluding hydrogens is 435 g/mol. The van der Waals surface area contributed by atoms with Crippen LogP contribution in [0.2, 0.25) is 0 Å². The van der Waals surface area contributed by atoms with E-state index in [1.165, 1.54) is 17.1 Å². The van der Waals surface area contributed by atoms with Gasteiger partial charge in [-0.3, -0.25) is 14.2 Å². The molecule has 0 spiro atoms. The van der Waals surface area contributed by atoms with Crippen molar-refractivity contribution >= 4 is 16.8 Å². The van der Waals surface area contributed by atoms with Gasteiger partial charge < -0.3 is 5.32 Å². The van der Waals surface area contributed by atoms with Crippen molar-refractivity contribution in [2.24, 2.45) is 0 Å². The smallest absolute Gasteiger partial charge is 0.352 e. The van der Waals surface area contributed by atoms with Gasteiger partial charge in [0.25, 0.3) is 5.56 Å². The van der Waals surface area contributed by atoms with Gasteiger partial charge in [-0.2, -0.15) is 18.3 Å². The molecule has 0 aliphatic heterocycles. The minimum atomic E-state index is -4.49. The summed E-state index contributed by atoms with van der Waals surface area (Å²) in [4.78, 5) is 28.9. The quantitative estimate of drug-likeness (QED) is 0.461. The lowest BCUT2D eigenvalue weighted by Gasteiger charge is -2.08. The highest BCUT2D eigenvalue weighted by atomic mass is 19.4. The summed E-state index contributed by atoms with van der Waals surface area (Å²) in [7, 11) is 0. The lowest BCUT2D eigenvalue weighted by atomic mass is 10.2. The van der Waals surface area contributed by atoms with Crippen LogP contribution in [0.15, 0.2) is 71.9 Å². The Morgan fingerprint density at radius 3 is 2.52 bits per heavy atom. The Bertz CT molecular complexity index is 1330. The number of carbonyl (C=O) groups is 1. The molecule has 0 saturated carbocycles. The van der Waals surface area contributed by atoms with Crippen molar-refractivity contribution in [3.05, 3.63) is 88.7 Å². The summed E-state index contributed by atoms with van der Waals surface area (Å²) in [5.74, 6) is -0.164. The Hall–Kier alpha value is -3.95. The fourth-order valence-electron chi connectivity index (χ4n) is 3.35. The van der Waals surface area contributed by atoms with Crippen LogP contribution in [0.5, 0.6) is 0 Å². The SMILES string of the molecule is O=C(CCCn1cnc2ccccc2c1=O)NCc1ccc(-n2ccc(C(F)(F)F)n2)cc1. The summed E-state index contributed by atoms with van der Waals surface area (Å²) >= 11 is 0. The van der Waals surface area contributed by atoms with Gasteiger partial charge in [0.1, 0.15) is 0 Å². The van der Waals surface area contributed by atoms with Crippen molar-refractivity contribution in [3.8, 4) is 5.69 Å². The van der Waals surface area contributed by atoms with Crippen LogP contribution in [-0.4, -0.2) is 25.2 Å². The second-order valence-corrected chi connectivity index (χ2v) is 7.45. The normalized spacial score (nSPS) is 11.6. The molecule has 0 aliphatic rings. The predicted octanol–water partition coefficient (Wildman–Crippen LogP) is 3.70. The van der Waals surface area contributed by atoms with Crippen molar-refractivity contribution in [3.63, 3.8) is 0 Å². The molecule has 2 heterocycles. The van der Waals surface area contributed by atoms with Gasteiger partial charge in [0.15, 0.2) is 5.69 Å². The van der Waals surface area contributed by atoms with E-state index >= 15 is 0 Å². The second-order valence-electron chi connectivity index (χ2n) is 7.45. The molecule has 33 heavy (non-hydrogen) atoms. The standard InChI is InChI=1S/C23H20F3N5O2/c24-23(25,26)20-11-13-31(29-20)17-9-7-16(8-10-17)14-27-21(32)6-3-12-30-15-28-19-5-2-1-4-18(19)22(30)33/h1-2,4-5,7-11,13,15H,3,6,12,14H2,(H,27,32). The van der Waals surface area contributed by atoms with Gasteiger partial charge in [0, 0.05) is 25.7 Å². The van der Waals surface area contributed by atoms with E-state index in [0.717, 1.165) is 16.3 Å². The fraction of sp³-hybridized carbons (Fsp3) is 0.217. The summed E-state index contributed by atoms with van der Waals surface area (Å²) in [6.07, 6.45) is -1.04. The maximum atomic E-state index is 12.7. The molecule has 4 aromatic rings. The van der Waals surface area contributed by atoms with Crippen LogP contribution in [0.25, 0.3) is 16.6 Å². The van der Waals surface area contributed by atoms with Crippen molar-refractivity contribution in [2.75, 3.05) is 0 Å². The van der Waals surface area contributed by atoms with Gasteiger partial charge in [-0.1, -0.05) is 24.3 Å². The van der Waals surface area contributed by atoms with E-state index in [-0.39, 0.29) is 24.4 Å². The number of nitrogens with one attached hydrogen (secondary N) is 1. The van der Waals surface area contributed by atoms with E-state index in [9.17, 15) is 22.8 Å². The lowest BCUT2D eigenvalue weighted by molar-refractivity contribution is -0.141. The molecule has 0 bridgehead atoms. The van der Waals surface area contributed by atoms with E-state index in [1.54, 1.807) is 42.5 Å².